The van der Waals surface area contributed by atoms with Gasteiger partial charge in [0.15, 0.2) is 15.0 Å². The van der Waals surface area contributed by atoms with E-state index in [0.29, 0.717) is 28.2 Å². The van der Waals surface area contributed by atoms with Crippen LogP contribution in [0.25, 0.3) is 16.6 Å². The summed E-state index contributed by atoms with van der Waals surface area (Å²) in [4.78, 5) is 30.3. The number of hydrogen-bond acceptors (Lipinski definition) is 6. The van der Waals surface area contributed by atoms with Gasteiger partial charge in [-0.15, -0.1) is 0 Å². The average Bonchev–Trinajstić information content (AvgIpc) is 3.10. The molecule has 1 N–H and O–H groups in total. The fraction of sp³-hybridized carbons (Fsp3) is 0.318. The van der Waals surface area contributed by atoms with Gasteiger partial charge in [-0.05, 0) is 42.7 Å². The number of nitrogens with one attached hydrogen (secondary N) is 1. The summed E-state index contributed by atoms with van der Waals surface area (Å²) >= 11 is 1.16. The highest BCUT2D eigenvalue weighted by atomic mass is 32.2. The van der Waals surface area contributed by atoms with Crippen LogP contribution in [0.3, 0.4) is 0 Å². The first kappa shape index (κ1) is 21.6. The molecule has 0 radical (unpaired) electrons. The maximum Gasteiger partial charge on any atom is 0.266 e. The van der Waals surface area contributed by atoms with Crippen molar-refractivity contribution >= 4 is 38.4 Å². The number of hydrogen-bond donors (Lipinski definition) is 1. The topological polar surface area (TPSA) is 98.1 Å². The van der Waals surface area contributed by atoms with Crippen LogP contribution in [0, 0.1) is 0 Å². The monoisotopic (exact) mass is 457 g/mol. The highest BCUT2D eigenvalue weighted by Gasteiger charge is 2.29. The predicted molar refractivity (Wildman–Crippen MR) is 123 cm³/mol. The van der Waals surface area contributed by atoms with Crippen molar-refractivity contribution in [3.05, 3.63) is 64.4 Å². The van der Waals surface area contributed by atoms with Crippen LogP contribution in [0.5, 0.6) is 0 Å². The maximum atomic E-state index is 13.2. The first-order chi connectivity index (χ1) is 14.9. The molecule has 0 unspecified atom stereocenters. The molecule has 1 saturated heterocycles. The van der Waals surface area contributed by atoms with Gasteiger partial charge in [0.1, 0.15) is 0 Å². The van der Waals surface area contributed by atoms with Crippen molar-refractivity contribution in [3.63, 3.8) is 0 Å². The molecule has 31 heavy (non-hydrogen) atoms. The van der Waals surface area contributed by atoms with Crippen LogP contribution >= 0.6 is 11.8 Å². The quantitative estimate of drug-likeness (QED) is 0.451. The van der Waals surface area contributed by atoms with Crippen LogP contribution in [0.4, 0.5) is 0 Å². The van der Waals surface area contributed by atoms with Crippen LogP contribution in [0.2, 0.25) is 0 Å². The number of amides is 1. The fourth-order valence-electron chi connectivity index (χ4n) is 3.63. The molecule has 1 atom stereocenters. The van der Waals surface area contributed by atoms with Crippen molar-refractivity contribution in [1.82, 2.24) is 14.9 Å². The van der Waals surface area contributed by atoms with E-state index in [4.69, 9.17) is 0 Å². The second-order valence-corrected chi connectivity index (χ2v) is 10.7. The lowest BCUT2D eigenvalue weighted by Gasteiger charge is -2.14. The number of fused-ring (bicyclic) bond motifs is 1. The molecule has 7 nitrogen and oxygen atoms in total. The average molecular weight is 458 g/mol. The molecule has 0 saturated carbocycles. The lowest BCUT2D eigenvalue weighted by atomic mass is 10.1. The summed E-state index contributed by atoms with van der Waals surface area (Å²) in [7, 11) is -3.07. The number of aryl methyl sites for hydroxylation is 1. The Bertz CT molecular complexity index is 1280. The Morgan fingerprint density at radius 2 is 1.94 bits per heavy atom. The molecule has 162 valence electrons. The van der Waals surface area contributed by atoms with Gasteiger partial charge >= 0.3 is 0 Å². The third-order valence-corrected chi connectivity index (χ3v) is 7.98. The van der Waals surface area contributed by atoms with Gasteiger partial charge in [0, 0.05) is 6.04 Å². The number of benzene rings is 2. The zero-order valence-corrected chi connectivity index (χ0v) is 18.7. The van der Waals surface area contributed by atoms with Crippen LogP contribution in [0.1, 0.15) is 18.9 Å². The third-order valence-electron chi connectivity index (χ3n) is 5.28. The Morgan fingerprint density at radius 1 is 1.19 bits per heavy atom. The molecule has 3 aromatic rings. The summed E-state index contributed by atoms with van der Waals surface area (Å²) in [6.07, 6.45) is 1.32. The van der Waals surface area contributed by atoms with Crippen LogP contribution in [-0.4, -0.2) is 47.2 Å². The van der Waals surface area contributed by atoms with Gasteiger partial charge in [0.2, 0.25) is 5.91 Å². The Balaban J connectivity index is 1.62. The Kier molecular flexibility index (Phi) is 6.15. The number of carbonyl (C=O) groups is 1. The predicted octanol–water partition coefficient (Wildman–Crippen LogP) is 2.34. The zero-order valence-electron chi connectivity index (χ0n) is 17.1. The van der Waals surface area contributed by atoms with E-state index < -0.39 is 9.84 Å². The SMILES string of the molecule is CCc1ccc(-n2c(SCC(=O)N[C@H]3CCS(=O)(=O)C3)nc3ccccc3c2=O)cc1. The Morgan fingerprint density at radius 3 is 2.61 bits per heavy atom. The number of thioether (sulfide) groups is 1. The lowest BCUT2D eigenvalue weighted by Crippen LogP contribution is -2.36. The zero-order chi connectivity index (χ0) is 22.0. The van der Waals surface area contributed by atoms with E-state index in [0.717, 1.165) is 23.7 Å². The number of sulfone groups is 1. The molecule has 9 heteroatoms. The van der Waals surface area contributed by atoms with Gasteiger partial charge in [0.25, 0.3) is 5.56 Å². The number of nitrogens with zero attached hydrogens (tertiary/aromatic N) is 2. The summed E-state index contributed by atoms with van der Waals surface area (Å²) in [5, 5.41) is 3.70. The summed E-state index contributed by atoms with van der Waals surface area (Å²) < 4.78 is 24.7. The van der Waals surface area contributed by atoms with Gasteiger partial charge in [0.05, 0.1) is 33.8 Å². The molecule has 0 aliphatic carbocycles. The largest absolute Gasteiger partial charge is 0.352 e. The minimum absolute atomic E-state index is 0.0217. The molecule has 2 heterocycles. The van der Waals surface area contributed by atoms with E-state index in [9.17, 15) is 18.0 Å². The normalized spacial score (nSPS) is 17.6. The molecule has 4 rings (SSSR count). The van der Waals surface area contributed by atoms with Crippen LogP contribution in [-0.2, 0) is 21.1 Å². The molecule has 1 amide bonds. The minimum atomic E-state index is -3.07. The summed E-state index contributed by atoms with van der Waals surface area (Å²) in [5.74, 6) is -0.159. The molecule has 1 aromatic heterocycles. The highest BCUT2D eigenvalue weighted by Crippen LogP contribution is 2.22. The molecule has 1 fully saturated rings. The minimum Gasteiger partial charge on any atom is -0.352 e. The molecule has 0 bridgehead atoms. The van der Waals surface area contributed by atoms with E-state index in [2.05, 4.69) is 17.2 Å². The van der Waals surface area contributed by atoms with Crippen LogP contribution < -0.4 is 10.9 Å². The van der Waals surface area contributed by atoms with Crippen molar-refractivity contribution in [2.75, 3.05) is 17.3 Å². The smallest absolute Gasteiger partial charge is 0.266 e. The second-order valence-electron chi connectivity index (χ2n) is 7.53. The molecule has 2 aromatic carbocycles. The van der Waals surface area contributed by atoms with Gasteiger partial charge in [-0.1, -0.05) is 43.0 Å². The Hall–Kier alpha value is -2.65. The van der Waals surface area contributed by atoms with E-state index >= 15 is 0 Å². The molecule has 1 aliphatic heterocycles. The number of para-hydroxylation sites is 1. The number of carbonyl (C=O) groups excluding carboxylic acids is 1. The van der Waals surface area contributed by atoms with E-state index in [1.165, 1.54) is 4.57 Å². The van der Waals surface area contributed by atoms with E-state index in [1.807, 2.05) is 30.3 Å². The number of rotatable bonds is 6. The van der Waals surface area contributed by atoms with E-state index in [1.54, 1.807) is 18.2 Å². The molecular formula is C22H23N3O4S2. The van der Waals surface area contributed by atoms with Crippen molar-refractivity contribution in [3.8, 4) is 5.69 Å². The van der Waals surface area contributed by atoms with Crippen molar-refractivity contribution in [2.24, 2.45) is 0 Å². The summed E-state index contributed by atoms with van der Waals surface area (Å²) in [6.45, 7) is 2.06. The van der Waals surface area contributed by atoms with Crippen molar-refractivity contribution < 1.29 is 13.2 Å². The lowest BCUT2D eigenvalue weighted by molar-refractivity contribution is -0.119. The fourth-order valence-corrected chi connectivity index (χ4v) is 6.12. The van der Waals surface area contributed by atoms with Gasteiger partial charge in [-0.2, -0.15) is 0 Å². The standard InChI is InChI=1S/C22H23N3O4S2/c1-2-15-7-9-17(10-8-15)25-21(27)18-5-3-4-6-19(18)24-22(25)30-13-20(26)23-16-11-12-31(28,29)14-16/h3-10,16H,2,11-14H2,1H3,(H,23,26)/t16-/m0/s1. The van der Waals surface area contributed by atoms with Crippen molar-refractivity contribution in [1.29, 1.82) is 0 Å². The van der Waals surface area contributed by atoms with E-state index in [-0.39, 0.29) is 34.8 Å². The van der Waals surface area contributed by atoms with Gasteiger partial charge in [-0.3, -0.25) is 14.2 Å². The van der Waals surface area contributed by atoms with Gasteiger partial charge in [-0.25, -0.2) is 13.4 Å². The maximum absolute atomic E-state index is 13.2. The molecular weight excluding hydrogens is 434 g/mol. The van der Waals surface area contributed by atoms with Crippen molar-refractivity contribution in [2.45, 2.75) is 31.0 Å². The highest BCUT2D eigenvalue weighted by molar-refractivity contribution is 7.99. The summed E-state index contributed by atoms with van der Waals surface area (Å²) in [5.41, 5.74) is 2.22. The first-order valence-corrected chi connectivity index (χ1v) is 12.9. The molecule has 1 aliphatic rings. The first-order valence-electron chi connectivity index (χ1n) is 10.1. The van der Waals surface area contributed by atoms with Gasteiger partial charge < -0.3 is 5.32 Å². The summed E-state index contributed by atoms with van der Waals surface area (Å²) in [6, 6.07) is 14.5. The number of aromatic nitrogens is 2. The van der Waals surface area contributed by atoms with Crippen LogP contribution in [0.15, 0.2) is 58.5 Å². The molecule has 0 spiro atoms. The third kappa shape index (κ3) is 4.83. The second kappa shape index (κ2) is 8.84. The Labute approximate surface area is 184 Å².